The highest BCUT2D eigenvalue weighted by atomic mass is 28.4. The van der Waals surface area contributed by atoms with Crippen LogP contribution in [0, 0.1) is 0 Å². The van der Waals surface area contributed by atoms with Crippen molar-refractivity contribution in [1.29, 1.82) is 0 Å². The smallest absolute Gasteiger partial charge is 0.260 e. The first-order chi connectivity index (χ1) is 5.99. The summed E-state index contributed by atoms with van der Waals surface area (Å²) in [5, 5.41) is 0. The van der Waals surface area contributed by atoms with Crippen LogP contribution in [0.4, 0.5) is 0 Å². The van der Waals surface area contributed by atoms with Crippen LogP contribution >= 0.6 is 0 Å². The lowest BCUT2D eigenvalue weighted by molar-refractivity contribution is 0.145. The van der Waals surface area contributed by atoms with Crippen molar-refractivity contribution in [2.24, 2.45) is 0 Å². The fourth-order valence-corrected chi connectivity index (χ4v) is 1.66. The molecule has 0 atom stereocenters. The fourth-order valence-electron chi connectivity index (χ4n) is 0.892. The summed E-state index contributed by atoms with van der Waals surface area (Å²) in [5.74, 6) is 0.701. The van der Waals surface area contributed by atoms with Gasteiger partial charge in [-0.05, 0) is 38.6 Å². The van der Waals surface area contributed by atoms with Crippen molar-refractivity contribution in [2.45, 2.75) is 45.8 Å². The highest BCUT2D eigenvalue weighted by molar-refractivity contribution is 6.69. The molecule has 0 saturated carbocycles. The van der Waals surface area contributed by atoms with Gasteiger partial charge >= 0.3 is 0 Å². The van der Waals surface area contributed by atoms with E-state index in [9.17, 15) is 0 Å². The van der Waals surface area contributed by atoms with E-state index in [-0.39, 0.29) is 0 Å². The third kappa shape index (κ3) is 7.90. The zero-order chi connectivity index (χ0) is 10.3. The minimum Gasteiger partial charge on any atom is -0.520 e. The van der Waals surface area contributed by atoms with E-state index in [1.54, 1.807) is 7.11 Å². The predicted octanol–water partition coefficient (Wildman–Crippen LogP) is 3.52. The largest absolute Gasteiger partial charge is 0.520 e. The van der Waals surface area contributed by atoms with Crippen LogP contribution in [0.1, 0.15) is 26.2 Å². The summed E-state index contributed by atoms with van der Waals surface area (Å²) >= 11 is 0. The van der Waals surface area contributed by atoms with Crippen molar-refractivity contribution in [3.63, 3.8) is 0 Å². The Labute approximate surface area is 83.1 Å². The van der Waals surface area contributed by atoms with Crippen LogP contribution in [0.2, 0.25) is 19.6 Å². The van der Waals surface area contributed by atoms with Crippen LogP contribution in [0.15, 0.2) is 12.0 Å². The molecule has 0 amide bonds. The van der Waals surface area contributed by atoms with Crippen LogP contribution in [0.3, 0.4) is 0 Å². The Kier molecular flexibility index (Phi) is 5.87. The number of hydrogen-bond acceptors (Lipinski definition) is 2. The third-order valence-electron chi connectivity index (χ3n) is 1.48. The maximum absolute atomic E-state index is 5.71. The molecule has 2 nitrogen and oxygen atoms in total. The SMILES string of the molecule is CCCC/C=C(\OC)O[Si](C)(C)C. The number of ether oxygens (including phenoxy) is 1. The van der Waals surface area contributed by atoms with E-state index in [0.29, 0.717) is 5.95 Å². The minimum atomic E-state index is -1.49. The normalized spacial score (nSPS) is 12.8. The molecule has 13 heavy (non-hydrogen) atoms. The molecule has 0 N–H and O–H groups in total. The molecule has 0 aliphatic carbocycles. The van der Waals surface area contributed by atoms with Crippen LogP contribution in [0.25, 0.3) is 0 Å². The molecule has 3 heteroatoms. The van der Waals surface area contributed by atoms with Gasteiger partial charge in [-0.25, -0.2) is 0 Å². The topological polar surface area (TPSA) is 18.5 Å². The molecule has 0 aliphatic heterocycles. The molecule has 0 spiro atoms. The summed E-state index contributed by atoms with van der Waals surface area (Å²) in [7, 11) is 0.170. The first kappa shape index (κ1) is 12.6. The van der Waals surface area contributed by atoms with Gasteiger partial charge in [-0.1, -0.05) is 13.3 Å². The van der Waals surface area contributed by atoms with Crippen molar-refractivity contribution in [3.05, 3.63) is 12.0 Å². The van der Waals surface area contributed by atoms with Crippen molar-refractivity contribution in [2.75, 3.05) is 7.11 Å². The van der Waals surface area contributed by atoms with E-state index in [4.69, 9.17) is 9.16 Å². The van der Waals surface area contributed by atoms with E-state index >= 15 is 0 Å². The summed E-state index contributed by atoms with van der Waals surface area (Å²) in [5.41, 5.74) is 0. The summed E-state index contributed by atoms with van der Waals surface area (Å²) in [6, 6.07) is 0. The molecular formula is C10H22O2Si. The molecule has 0 rings (SSSR count). The van der Waals surface area contributed by atoms with Crippen LogP contribution in [-0.4, -0.2) is 15.4 Å². The van der Waals surface area contributed by atoms with Crippen LogP contribution < -0.4 is 0 Å². The Bertz CT molecular complexity index is 159. The number of unbranched alkanes of at least 4 members (excludes halogenated alkanes) is 2. The molecule has 0 aromatic heterocycles. The Balaban J connectivity index is 3.94. The summed E-state index contributed by atoms with van der Waals surface area (Å²) in [6.07, 6.45) is 5.49. The van der Waals surface area contributed by atoms with E-state index in [0.717, 1.165) is 6.42 Å². The lowest BCUT2D eigenvalue weighted by atomic mass is 10.2. The fraction of sp³-hybridized carbons (Fsp3) is 0.800. The Morgan fingerprint density at radius 3 is 2.31 bits per heavy atom. The van der Waals surface area contributed by atoms with E-state index in [1.165, 1.54) is 12.8 Å². The molecule has 78 valence electrons. The zero-order valence-electron chi connectivity index (χ0n) is 9.52. The second-order valence-corrected chi connectivity index (χ2v) is 8.51. The number of hydrogen-bond donors (Lipinski definition) is 0. The van der Waals surface area contributed by atoms with E-state index in [1.807, 2.05) is 6.08 Å². The first-order valence-electron chi connectivity index (χ1n) is 4.92. The molecule has 0 aromatic rings. The monoisotopic (exact) mass is 202 g/mol. The first-order valence-corrected chi connectivity index (χ1v) is 8.33. The summed E-state index contributed by atoms with van der Waals surface area (Å²) < 4.78 is 10.9. The van der Waals surface area contributed by atoms with Gasteiger partial charge in [0.25, 0.3) is 5.95 Å². The molecule has 0 radical (unpaired) electrons. The van der Waals surface area contributed by atoms with Gasteiger partial charge in [-0.2, -0.15) is 0 Å². The van der Waals surface area contributed by atoms with Crippen LogP contribution in [0.5, 0.6) is 0 Å². The highest BCUT2D eigenvalue weighted by Crippen LogP contribution is 2.12. The van der Waals surface area contributed by atoms with Gasteiger partial charge in [-0.3, -0.25) is 0 Å². The van der Waals surface area contributed by atoms with Gasteiger partial charge in [0, 0.05) is 0 Å². The third-order valence-corrected chi connectivity index (χ3v) is 2.29. The summed E-state index contributed by atoms with van der Waals surface area (Å²) in [4.78, 5) is 0. The molecule has 0 aromatic carbocycles. The van der Waals surface area contributed by atoms with Gasteiger partial charge in [-0.15, -0.1) is 0 Å². The van der Waals surface area contributed by atoms with Crippen LogP contribution in [-0.2, 0) is 9.16 Å². The average molecular weight is 202 g/mol. The van der Waals surface area contributed by atoms with Gasteiger partial charge < -0.3 is 9.16 Å². The van der Waals surface area contributed by atoms with Crippen molar-refractivity contribution in [1.82, 2.24) is 0 Å². The quantitative estimate of drug-likeness (QED) is 0.373. The molecular weight excluding hydrogens is 180 g/mol. The van der Waals surface area contributed by atoms with E-state index in [2.05, 4.69) is 26.6 Å². The highest BCUT2D eigenvalue weighted by Gasteiger charge is 2.17. The maximum Gasteiger partial charge on any atom is 0.260 e. The lowest BCUT2D eigenvalue weighted by Crippen LogP contribution is -2.25. The second-order valence-electron chi connectivity index (χ2n) is 4.08. The Hall–Kier alpha value is -0.443. The van der Waals surface area contributed by atoms with Gasteiger partial charge in [0.1, 0.15) is 0 Å². The van der Waals surface area contributed by atoms with Crippen molar-refractivity contribution in [3.8, 4) is 0 Å². The lowest BCUT2D eigenvalue weighted by Gasteiger charge is -2.20. The minimum absolute atomic E-state index is 0.701. The van der Waals surface area contributed by atoms with Crippen molar-refractivity contribution >= 4 is 8.32 Å². The molecule has 0 saturated heterocycles. The average Bonchev–Trinajstić information content (AvgIpc) is 2.01. The molecule has 0 bridgehead atoms. The Morgan fingerprint density at radius 2 is 1.92 bits per heavy atom. The van der Waals surface area contributed by atoms with Gasteiger partial charge in [0.05, 0.1) is 7.11 Å². The molecule has 0 fully saturated rings. The number of rotatable bonds is 6. The molecule has 0 heterocycles. The molecule has 0 aliphatic rings. The Morgan fingerprint density at radius 1 is 1.31 bits per heavy atom. The number of methoxy groups -OCH3 is 1. The van der Waals surface area contributed by atoms with Crippen molar-refractivity contribution < 1.29 is 9.16 Å². The van der Waals surface area contributed by atoms with Gasteiger partial charge in [0.2, 0.25) is 8.32 Å². The second kappa shape index (κ2) is 6.08. The maximum atomic E-state index is 5.71. The number of allylic oxidation sites excluding steroid dienone is 1. The molecule has 0 unspecified atom stereocenters. The standard InChI is InChI=1S/C10H22O2Si/c1-6-7-8-9-10(11-2)12-13(3,4)5/h9H,6-8H2,1-5H3/b10-9+. The predicted molar refractivity (Wildman–Crippen MR) is 59.0 cm³/mol. The van der Waals surface area contributed by atoms with Gasteiger partial charge in [0.15, 0.2) is 0 Å². The zero-order valence-corrected chi connectivity index (χ0v) is 10.5. The van der Waals surface area contributed by atoms with E-state index < -0.39 is 8.32 Å². The summed E-state index contributed by atoms with van der Waals surface area (Å²) in [6.45, 7) is 8.64.